The maximum absolute atomic E-state index is 12.3. The van der Waals surface area contributed by atoms with Gasteiger partial charge < -0.3 is 29.3 Å². The molecule has 0 unspecified atom stereocenters. The molecule has 0 heterocycles. The van der Waals surface area contributed by atoms with E-state index in [-0.39, 0.29) is 11.5 Å². The van der Waals surface area contributed by atoms with E-state index >= 15 is 0 Å². The molecule has 4 N–H and O–H groups in total. The molecule has 9 heteroatoms. The van der Waals surface area contributed by atoms with Crippen LogP contribution in [0.25, 0.3) is 0 Å². The molecule has 4 aromatic carbocycles. The standard InChI is InChI=1S/C24H20N2O6S/c25-17-3-1-5-23(15-17)29-19-7-11-21(12-8-19)31-33(27,28)32-22-13-9-20(10-14-22)30-24-6-2-4-18(26)16-24/h1-16H,25-26H2. The molecule has 0 bridgehead atoms. The van der Waals surface area contributed by atoms with Gasteiger partial charge in [-0.05, 0) is 72.8 Å². The number of ether oxygens (including phenoxy) is 2. The van der Waals surface area contributed by atoms with Crippen molar-refractivity contribution in [1.29, 1.82) is 0 Å². The molecule has 33 heavy (non-hydrogen) atoms. The Morgan fingerprint density at radius 1 is 0.485 bits per heavy atom. The van der Waals surface area contributed by atoms with E-state index in [2.05, 4.69) is 0 Å². The number of nitrogens with two attached hydrogens (primary N) is 2. The molecule has 0 spiro atoms. The molecule has 0 aliphatic heterocycles. The molecule has 0 saturated carbocycles. The van der Waals surface area contributed by atoms with Gasteiger partial charge >= 0.3 is 10.4 Å². The van der Waals surface area contributed by atoms with E-state index < -0.39 is 10.4 Å². The lowest BCUT2D eigenvalue weighted by Crippen LogP contribution is -2.16. The lowest BCUT2D eigenvalue weighted by atomic mass is 10.3. The Balaban J connectivity index is 1.35. The van der Waals surface area contributed by atoms with Crippen LogP contribution in [0.3, 0.4) is 0 Å². The molecule has 0 saturated heterocycles. The van der Waals surface area contributed by atoms with Crippen LogP contribution in [0, 0.1) is 0 Å². The molecule has 0 aromatic heterocycles. The Bertz CT molecular complexity index is 1240. The third-order valence-electron chi connectivity index (χ3n) is 4.23. The van der Waals surface area contributed by atoms with E-state index in [4.69, 9.17) is 29.3 Å². The first kappa shape index (κ1) is 21.8. The SMILES string of the molecule is Nc1cccc(Oc2ccc(OS(=O)(=O)Oc3ccc(Oc4cccc(N)c4)cc3)cc2)c1. The maximum Gasteiger partial charge on any atom is 0.500 e. The summed E-state index contributed by atoms with van der Waals surface area (Å²) in [7, 11) is -4.36. The molecule has 0 aliphatic carbocycles. The Kier molecular flexibility index (Phi) is 6.23. The van der Waals surface area contributed by atoms with Crippen molar-refractivity contribution in [1.82, 2.24) is 0 Å². The van der Waals surface area contributed by atoms with E-state index in [0.717, 1.165) is 0 Å². The van der Waals surface area contributed by atoms with Crippen LogP contribution in [0.5, 0.6) is 34.5 Å². The Labute approximate surface area is 191 Å². The molecule has 8 nitrogen and oxygen atoms in total. The van der Waals surface area contributed by atoms with E-state index in [9.17, 15) is 8.42 Å². The fraction of sp³-hybridized carbons (Fsp3) is 0. The quantitative estimate of drug-likeness (QED) is 0.344. The molecule has 0 fully saturated rings. The van der Waals surface area contributed by atoms with Crippen molar-refractivity contribution in [2.24, 2.45) is 0 Å². The van der Waals surface area contributed by atoms with Crippen LogP contribution >= 0.6 is 0 Å². The zero-order valence-electron chi connectivity index (χ0n) is 17.3. The van der Waals surface area contributed by atoms with Crippen molar-refractivity contribution in [2.45, 2.75) is 0 Å². The molecule has 0 aliphatic rings. The van der Waals surface area contributed by atoms with Gasteiger partial charge in [0.05, 0.1) is 0 Å². The van der Waals surface area contributed by atoms with E-state index in [0.29, 0.717) is 34.4 Å². The van der Waals surface area contributed by atoms with Crippen LogP contribution in [0.1, 0.15) is 0 Å². The largest absolute Gasteiger partial charge is 0.500 e. The minimum absolute atomic E-state index is 0.0662. The fourth-order valence-electron chi connectivity index (χ4n) is 2.81. The predicted octanol–water partition coefficient (Wildman–Crippen LogP) is 5.14. The van der Waals surface area contributed by atoms with Crippen molar-refractivity contribution >= 4 is 21.8 Å². The number of anilines is 2. The lowest BCUT2D eigenvalue weighted by molar-refractivity contribution is 0.391. The van der Waals surface area contributed by atoms with Gasteiger partial charge in [-0.25, -0.2) is 0 Å². The molecular weight excluding hydrogens is 444 g/mol. The van der Waals surface area contributed by atoms with Gasteiger partial charge in [0.2, 0.25) is 0 Å². The molecule has 4 rings (SSSR count). The van der Waals surface area contributed by atoms with Crippen LogP contribution in [0.4, 0.5) is 11.4 Å². The first-order valence-electron chi connectivity index (χ1n) is 9.75. The van der Waals surface area contributed by atoms with E-state index in [1.165, 1.54) is 24.3 Å². The highest BCUT2D eigenvalue weighted by atomic mass is 32.3. The highest BCUT2D eigenvalue weighted by Crippen LogP contribution is 2.28. The first-order valence-corrected chi connectivity index (χ1v) is 11.1. The minimum atomic E-state index is -4.36. The molecule has 168 valence electrons. The lowest BCUT2D eigenvalue weighted by Gasteiger charge is -2.10. The van der Waals surface area contributed by atoms with Crippen LogP contribution < -0.4 is 29.3 Å². The van der Waals surface area contributed by atoms with Gasteiger partial charge in [0.25, 0.3) is 0 Å². The predicted molar refractivity (Wildman–Crippen MR) is 125 cm³/mol. The van der Waals surface area contributed by atoms with Crippen molar-refractivity contribution in [3.05, 3.63) is 97.1 Å². The molecule has 0 radical (unpaired) electrons. The van der Waals surface area contributed by atoms with Crippen molar-refractivity contribution < 1.29 is 26.3 Å². The zero-order valence-corrected chi connectivity index (χ0v) is 18.1. The van der Waals surface area contributed by atoms with Gasteiger partial charge in [-0.15, -0.1) is 8.42 Å². The normalized spacial score (nSPS) is 10.9. The van der Waals surface area contributed by atoms with Crippen molar-refractivity contribution in [3.63, 3.8) is 0 Å². The number of rotatable bonds is 8. The van der Waals surface area contributed by atoms with Crippen LogP contribution in [-0.4, -0.2) is 8.42 Å². The minimum Gasteiger partial charge on any atom is -0.457 e. The summed E-state index contributed by atoms with van der Waals surface area (Å²) in [4.78, 5) is 0. The van der Waals surface area contributed by atoms with Crippen molar-refractivity contribution in [2.75, 3.05) is 11.5 Å². The number of hydrogen-bond donors (Lipinski definition) is 2. The highest BCUT2D eigenvalue weighted by Gasteiger charge is 2.16. The summed E-state index contributed by atoms with van der Waals surface area (Å²) in [6.07, 6.45) is 0. The van der Waals surface area contributed by atoms with Gasteiger partial charge in [-0.3, -0.25) is 0 Å². The van der Waals surface area contributed by atoms with Crippen LogP contribution in [0.15, 0.2) is 97.1 Å². The van der Waals surface area contributed by atoms with Gasteiger partial charge in [-0.1, -0.05) is 12.1 Å². The van der Waals surface area contributed by atoms with Gasteiger partial charge in [0.15, 0.2) is 0 Å². The molecule has 4 aromatic rings. The Morgan fingerprint density at radius 3 is 1.21 bits per heavy atom. The number of nitrogen functional groups attached to an aromatic ring is 2. The van der Waals surface area contributed by atoms with E-state index in [1.54, 1.807) is 72.8 Å². The second kappa shape index (κ2) is 9.41. The monoisotopic (exact) mass is 464 g/mol. The topological polar surface area (TPSA) is 123 Å². The summed E-state index contributed by atoms with van der Waals surface area (Å²) < 4.78 is 45.9. The fourth-order valence-corrected chi connectivity index (χ4v) is 3.54. The summed E-state index contributed by atoms with van der Waals surface area (Å²) >= 11 is 0. The van der Waals surface area contributed by atoms with Crippen molar-refractivity contribution in [3.8, 4) is 34.5 Å². The average molecular weight is 464 g/mol. The number of benzene rings is 4. The summed E-state index contributed by atoms with van der Waals surface area (Å²) in [6.45, 7) is 0. The second-order valence-corrected chi connectivity index (χ2v) is 8.02. The Morgan fingerprint density at radius 2 is 0.848 bits per heavy atom. The molecular formula is C24H20N2O6S. The van der Waals surface area contributed by atoms with Gasteiger partial charge in [-0.2, -0.15) is 0 Å². The second-order valence-electron chi connectivity index (χ2n) is 6.87. The summed E-state index contributed by atoms with van der Waals surface area (Å²) in [5.74, 6) is 2.22. The summed E-state index contributed by atoms with van der Waals surface area (Å²) in [5, 5.41) is 0. The first-order chi connectivity index (χ1) is 15.8. The third-order valence-corrected chi connectivity index (χ3v) is 5.02. The van der Waals surface area contributed by atoms with Gasteiger partial charge in [0.1, 0.15) is 34.5 Å². The van der Waals surface area contributed by atoms with Crippen LogP contribution in [-0.2, 0) is 10.4 Å². The van der Waals surface area contributed by atoms with E-state index in [1.807, 2.05) is 0 Å². The number of hydrogen-bond acceptors (Lipinski definition) is 8. The Hall–Kier alpha value is -4.37. The average Bonchev–Trinajstić information content (AvgIpc) is 2.76. The van der Waals surface area contributed by atoms with Crippen LogP contribution in [0.2, 0.25) is 0 Å². The summed E-state index contributed by atoms with van der Waals surface area (Å²) in [6, 6.07) is 25.9. The molecule has 0 amide bonds. The zero-order chi connectivity index (χ0) is 23.3. The molecule has 0 atom stereocenters. The third kappa shape index (κ3) is 6.31. The smallest absolute Gasteiger partial charge is 0.457 e. The maximum atomic E-state index is 12.3. The highest BCUT2D eigenvalue weighted by molar-refractivity contribution is 7.82. The summed E-state index contributed by atoms with van der Waals surface area (Å²) in [5.41, 5.74) is 12.6. The van der Waals surface area contributed by atoms with Gasteiger partial charge in [0, 0.05) is 23.5 Å².